The fourth-order valence-corrected chi connectivity index (χ4v) is 1.69. The molecule has 1 heterocycles. The zero-order valence-corrected chi connectivity index (χ0v) is 8.58. The van der Waals surface area contributed by atoms with Crippen LogP contribution in [0.5, 0.6) is 0 Å². The van der Waals surface area contributed by atoms with Crippen molar-refractivity contribution in [2.75, 3.05) is 0 Å². The van der Waals surface area contributed by atoms with Crippen LogP contribution >= 0.6 is 0 Å². The summed E-state index contributed by atoms with van der Waals surface area (Å²) in [5, 5.41) is 0. The van der Waals surface area contributed by atoms with Crippen LogP contribution in [0.2, 0.25) is 0 Å². The van der Waals surface area contributed by atoms with Crippen molar-refractivity contribution >= 4 is 5.78 Å². The SMILES string of the molecule is CC(C)c1ncc2c(n1)CCCC2=O. The highest BCUT2D eigenvalue weighted by molar-refractivity contribution is 5.97. The minimum atomic E-state index is 0.196. The summed E-state index contributed by atoms with van der Waals surface area (Å²) in [6.45, 7) is 4.12. The molecule has 0 unspecified atom stereocenters. The molecular formula is C11H14N2O. The van der Waals surface area contributed by atoms with Gasteiger partial charge in [0.1, 0.15) is 5.82 Å². The maximum absolute atomic E-state index is 11.5. The van der Waals surface area contributed by atoms with E-state index in [2.05, 4.69) is 23.8 Å². The van der Waals surface area contributed by atoms with Crippen LogP contribution in [0.1, 0.15) is 54.5 Å². The van der Waals surface area contributed by atoms with Gasteiger partial charge in [-0.25, -0.2) is 9.97 Å². The van der Waals surface area contributed by atoms with Crippen molar-refractivity contribution in [1.82, 2.24) is 9.97 Å². The first-order valence-corrected chi connectivity index (χ1v) is 5.07. The van der Waals surface area contributed by atoms with Crippen molar-refractivity contribution in [3.05, 3.63) is 23.3 Å². The van der Waals surface area contributed by atoms with Gasteiger partial charge in [0, 0.05) is 18.5 Å². The number of hydrogen-bond donors (Lipinski definition) is 0. The lowest BCUT2D eigenvalue weighted by Crippen LogP contribution is -2.15. The van der Waals surface area contributed by atoms with Crippen molar-refractivity contribution in [2.24, 2.45) is 0 Å². The fourth-order valence-electron chi connectivity index (χ4n) is 1.69. The Hall–Kier alpha value is -1.25. The Balaban J connectivity index is 2.44. The number of carbonyl (C=O) groups excluding carboxylic acids is 1. The molecule has 74 valence electrons. The van der Waals surface area contributed by atoms with E-state index >= 15 is 0 Å². The molecule has 14 heavy (non-hydrogen) atoms. The van der Waals surface area contributed by atoms with Crippen LogP contribution in [-0.4, -0.2) is 15.8 Å². The van der Waals surface area contributed by atoms with E-state index in [0.29, 0.717) is 12.3 Å². The molecule has 0 atom stereocenters. The number of fused-ring (bicyclic) bond motifs is 1. The zero-order valence-electron chi connectivity index (χ0n) is 8.58. The Morgan fingerprint density at radius 3 is 2.86 bits per heavy atom. The first-order chi connectivity index (χ1) is 6.68. The van der Waals surface area contributed by atoms with E-state index in [1.165, 1.54) is 0 Å². The second-order valence-electron chi connectivity index (χ2n) is 4.02. The predicted molar refractivity (Wildman–Crippen MR) is 53.4 cm³/mol. The first-order valence-electron chi connectivity index (χ1n) is 5.07. The molecule has 0 bridgehead atoms. The molecule has 0 N–H and O–H groups in total. The van der Waals surface area contributed by atoms with Crippen molar-refractivity contribution in [3.8, 4) is 0 Å². The van der Waals surface area contributed by atoms with E-state index in [1.807, 2.05) is 0 Å². The third-order valence-electron chi connectivity index (χ3n) is 2.52. The minimum absolute atomic E-state index is 0.196. The Morgan fingerprint density at radius 1 is 1.36 bits per heavy atom. The van der Waals surface area contributed by atoms with Gasteiger partial charge in [0.15, 0.2) is 5.78 Å². The van der Waals surface area contributed by atoms with Crippen molar-refractivity contribution in [1.29, 1.82) is 0 Å². The highest BCUT2D eigenvalue weighted by Crippen LogP contribution is 2.20. The monoisotopic (exact) mass is 190 g/mol. The fraction of sp³-hybridized carbons (Fsp3) is 0.545. The molecule has 0 fully saturated rings. The van der Waals surface area contributed by atoms with Crippen LogP contribution < -0.4 is 0 Å². The second kappa shape index (κ2) is 3.48. The van der Waals surface area contributed by atoms with Crippen molar-refractivity contribution in [3.63, 3.8) is 0 Å². The summed E-state index contributed by atoms with van der Waals surface area (Å²) >= 11 is 0. The topological polar surface area (TPSA) is 42.9 Å². The van der Waals surface area contributed by atoms with Gasteiger partial charge in [-0.1, -0.05) is 13.8 Å². The molecule has 2 rings (SSSR count). The molecule has 1 aromatic heterocycles. The van der Waals surface area contributed by atoms with E-state index in [1.54, 1.807) is 6.20 Å². The number of aromatic nitrogens is 2. The number of hydrogen-bond acceptors (Lipinski definition) is 3. The summed E-state index contributed by atoms with van der Waals surface area (Å²) in [5.74, 6) is 1.37. The van der Waals surface area contributed by atoms with Crippen LogP contribution in [0.15, 0.2) is 6.20 Å². The van der Waals surface area contributed by atoms with E-state index in [-0.39, 0.29) is 5.78 Å². The maximum Gasteiger partial charge on any atom is 0.166 e. The third-order valence-corrected chi connectivity index (χ3v) is 2.52. The van der Waals surface area contributed by atoms with Crippen molar-refractivity contribution < 1.29 is 4.79 Å². The average Bonchev–Trinajstić information content (AvgIpc) is 2.17. The van der Waals surface area contributed by atoms with Crippen LogP contribution in [0.4, 0.5) is 0 Å². The van der Waals surface area contributed by atoms with Crippen molar-refractivity contribution in [2.45, 2.75) is 39.0 Å². The highest BCUT2D eigenvalue weighted by atomic mass is 16.1. The Kier molecular flexibility index (Phi) is 2.32. The quantitative estimate of drug-likeness (QED) is 0.681. The number of carbonyl (C=O) groups is 1. The average molecular weight is 190 g/mol. The molecule has 0 radical (unpaired) electrons. The molecule has 0 amide bonds. The summed E-state index contributed by atoms with van der Waals surface area (Å²) in [5.41, 5.74) is 1.68. The molecule has 0 aromatic carbocycles. The molecule has 3 heteroatoms. The number of rotatable bonds is 1. The van der Waals surface area contributed by atoms with E-state index in [4.69, 9.17) is 0 Å². The van der Waals surface area contributed by atoms with Gasteiger partial charge in [-0.2, -0.15) is 0 Å². The number of aryl methyl sites for hydroxylation is 1. The molecular weight excluding hydrogens is 176 g/mol. The normalized spacial score (nSPS) is 15.8. The van der Waals surface area contributed by atoms with E-state index in [9.17, 15) is 4.79 Å². The smallest absolute Gasteiger partial charge is 0.166 e. The molecule has 0 saturated heterocycles. The number of nitrogens with zero attached hydrogens (tertiary/aromatic N) is 2. The van der Waals surface area contributed by atoms with Gasteiger partial charge in [0.2, 0.25) is 0 Å². The highest BCUT2D eigenvalue weighted by Gasteiger charge is 2.19. The van der Waals surface area contributed by atoms with Gasteiger partial charge in [-0.05, 0) is 12.8 Å². The lowest BCUT2D eigenvalue weighted by atomic mass is 9.96. The summed E-state index contributed by atoms with van der Waals surface area (Å²) in [6.07, 6.45) is 4.19. The van der Waals surface area contributed by atoms with Gasteiger partial charge in [-0.15, -0.1) is 0 Å². The molecule has 0 aliphatic heterocycles. The zero-order chi connectivity index (χ0) is 10.1. The van der Waals surface area contributed by atoms with Crippen LogP contribution in [0.3, 0.4) is 0 Å². The van der Waals surface area contributed by atoms with E-state index < -0.39 is 0 Å². The predicted octanol–water partition coefficient (Wildman–Crippen LogP) is 2.12. The summed E-state index contributed by atoms with van der Waals surface area (Å²) in [7, 11) is 0. The van der Waals surface area contributed by atoms with Gasteiger partial charge in [0.05, 0.1) is 11.3 Å². The maximum atomic E-state index is 11.5. The number of Topliss-reactive ketones (excluding diaryl/α,β-unsaturated/α-hetero) is 1. The van der Waals surface area contributed by atoms with Crippen LogP contribution in [-0.2, 0) is 6.42 Å². The third kappa shape index (κ3) is 1.54. The Morgan fingerprint density at radius 2 is 2.14 bits per heavy atom. The van der Waals surface area contributed by atoms with E-state index in [0.717, 1.165) is 29.9 Å². The Bertz CT molecular complexity index is 372. The molecule has 3 nitrogen and oxygen atoms in total. The molecule has 1 aliphatic rings. The summed E-state index contributed by atoms with van der Waals surface area (Å²) in [4.78, 5) is 20.1. The van der Waals surface area contributed by atoms with Gasteiger partial charge < -0.3 is 0 Å². The summed E-state index contributed by atoms with van der Waals surface area (Å²) < 4.78 is 0. The second-order valence-corrected chi connectivity index (χ2v) is 4.02. The molecule has 0 spiro atoms. The standard InChI is InChI=1S/C11H14N2O/c1-7(2)11-12-6-8-9(13-11)4-3-5-10(8)14/h6-7H,3-5H2,1-2H3. The van der Waals surface area contributed by atoms with Gasteiger partial charge in [0.25, 0.3) is 0 Å². The van der Waals surface area contributed by atoms with Crippen LogP contribution in [0.25, 0.3) is 0 Å². The lowest BCUT2D eigenvalue weighted by Gasteiger charge is -2.14. The summed E-state index contributed by atoms with van der Waals surface area (Å²) in [6, 6.07) is 0. The van der Waals surface area contributed by atoms with Gasteiger partial charge in [-0.3, -0.25) is 4.79 Å². The molecule has 1 aromatic rings. The largest absolute Gasteiger partial charge is 0.294 e. The molecule has 0 saturated carbocycles. The van der Waals surface area contributed by atoms with Gasteiger partial charge >= 0.3 is 0 Å². The number of ketones is 1. The van der Waals surface area contributed by atoms with Crippen LogP contribution in [0, 0.1) is 0 Å². The molecule has 1 aliphatic carbocycles. The lowest BCUT2D eigenvalue weighted by molar-refractivity contribution is 0.0971. The minimum Gasteiger partial charge on any atom is -0.294 e. The first kappa shape index (κ1) is 9.31. The Labute approximate surface area is 83.6 Å².